The molecule has 6 nitrogen and oxygen atoms in total. The van der Waals surface area contributed by atoms with Gasteiger partial charge in [0.25, 0.3) is 0 Å². The maximum Gasteiger partial charge on any atom is 0.303 e. The third-order valence-electron chi connectivity index (χ3n) is 2.58. The van der Waals surface area contributed by atoms with Crippen molar-refractivity contribution in [2.75, 3.05) is 33.2 Å². The number of benzene rings is 1. The van der Waals surface area contributed by atoms with Crippen molar-refractivity contribution >= 4 is 11.7 Å². The van der Waals surface area contributed by atoms with E-state index in [1.165, 1.54) is 0 Å². The minimum absolute atomic E-state index is 0.119. The Bertz CT molecular complexity index is 408. The van der Waals surface area contributed by atoms with Crippen molar-refractivity contribution in [1.29, 1.82) is 0 Å². The van der Waals surface area contributed by atoms with Gasteiger partial charge >= 0.3 is 5.97 Å². The number of anilines is 1. The van der Waals surface area contributed by atoms with Crippen LogP contribution in [0.15, 0.2) is 12.1 Å². The Morgan fingerprint density at radius 3 is 2.16 bits per heavy atom. The molecule has 0 saturated heterocycles. The molecule has 0 bridgehead atoms. The van der Waals surface area contributed by atoms with Gasteiger partial charge in [0.15, 0.2) is 0 Å². The lowest BCUT2D eigenvalue weighted by Crippen LogP contribution is -2.07. The molecule has 6 heteroatoms. The summed E-state index contributed by atoms with van der Waals surface area (Å²) in [5.41, 5.74) is 0.691. The third kappa shape index (κ3) is 4.24. The van der Waals surface area contributed by atoms with Crippen LogP contribution in [0.4, 0.5) is 5.69 Å². The minimum atomic E-state index is -0.810. The fourth-order valence-corrected chi connectivity index (χ4v) is 1.63. The smallest absolute Gasteiger partial charge is 0.303 e. The second-order valence-corrected chi connectivity index (χ2v) is 3.83. The molecule has 0 radical (unpaired) electrons. The van der Waals surface area contributed by atoms with E-state index in [1.54, 1.807) is 33.5 Å². The number of carboxylic acids is 1. The maximum absolute atomic E-state index is 10.4. The number of rotatable bonds is 8. The highest BCUT2D eigenvalue weighted by Gasteiger charge is 2.12. The lowest BCUT2D eigenvalue weighted by molar-refractivity contribution is -0.137. The molecule has 0 aliphatic heterocycles. The SMILES string of the molecule is COc1cc(OC)c(NCCCC(=O)O)c(OC)c1. The van der Waals surface area contributed by atoms with Crippen molar-refractivity contribution in [2.24, 2.45) is 0 Å². The number of ether oxygens (including phenoxy) is 3. The first kappa shape index (κ1) is 14.9. The largest absolute Gasteiger partial charge is 0.496 e. The highest BCUT2D eigenvalue weighted by atomic mass is 16.5. The predicted octanol–water partition coefficient (Wildman–Crippen LogP) is 1.99. The van der Waals surface area contributed by atoms with Crippen LogP contribution in [0.1, 0.15) is 12.8 Å². The van der Waals surface area contributed by atoms with Gasteiger partial charge < -0.3 is 24.6 Å². The fourth-order valence-electron chi connectivity index (χ4n) is 1.63. The van der Waals surface area contributed by atoms with Crippen molar-refractivity contribution in [3.8, 4) is 17.2 Å². The molecule has 0 aliphatic rings. The van der Waals surface area contributed by atoms with Crippen molar-refractivity contribution in [2.45, 2.75) is 12.8 Å². The van der Waals surface area contributed by atoms with Crippen LogP contribution < -0.4 is 19.5 Å². The second-order valence-electron chi connectivity index (χ2n) is 3.83. The first-order chi connectivity index (χ1) is 9.12. The van der Waals surface area contributed by atoms with Gasteiger partial charge in [-0.3, -0.25) is 4.79 Å². The average Bonchev–Trinajstić information content (AvgIpc) is 2.42. The normalized spacial score (nSPS) is 9.84. The Morgan fingerprint density at radius 1 is 1.16 bits per heavy atom. The van der Waals surface area contributed by atoms with Crippen molar-refractivity contribution in [3.63, 3.8) is 0 Å². The number of nitrogens with one attached hydrogen (secondary N) is 1. The van der Waals surface area contributed by atoms with Gasteiger partial charge in [-0.15, -0.1) is 0 Å². The van der Waals surface area contributed by atoms with E-state index in [4.69, 9.17) is 19.3 Å². The average molecular weight is 269 g/mol. The van der Waals surface area contributed by atoms with Crippen molar-refractivity contribution in [3.05, 3.63) is 12.1 Å². The lowest BCUT2D eigenvalue weighted by Gasteiger charge is -2.16. The summed E-state index contributed by atoms with van der Waals surface area (Å²) in [5.74, 6) is 0.998. The van der Waals surface area contributed by atoms with Crippen LogP contribution >= 0.6 is 0 Å². The van der Waals surface area contributed by atoms with E-state index in [0.29, 0.717) is 35.9 Å². The Hall–Kier alpha value is -2.11. The highest BCUT2D eigenvalue weighted by Crippen LogP contribution is 2.38. The van der Waals surface area contributed by atoms with Gasteiger partial charge in [-0.25, -0.2) is 0 Å². The summed E-state index contributed by atoms with van der Waals surface area (Å²) in [7, 11) is 4.67. The Morgan fingerprint density at radius 2 is 1.74 bits per heavy atom. The molecule has 0 saturated carbocycles. The molecular weight excluding hydrogens is 250 g/mol. The molecule has 0 amide bonds. The number of carboxylic acid groups (broad SMARTS) is 1. The van der Waals surface area contributed by atoms with E-state index >= 15 is 0 Å². The highest BCUT2D eigenvalue weighted by molar-refractivity contribution is 5.69. The molecule has 19 heavy (non-hydrogen) atoms. The van der Waals surface area contributed by atoms with E-state index in [9.17, 15) is 4.79 Å². The number of methoxy groups -OCH3 is 3. The van der Waals surface area contributed by atoms with Crippen LogP contribution in [0.25, 0.3) is 0 Å². The zero-order valence-corrected chi connectivity index (χ0v) is 11.4. The van der Waals surface area contributed by atoms with Crippen LogP contribution in [0.3, 0.4) is 0 Å². The summed E-state index contributed by atoms with van der Waals surface area (Å²) in [4.78, 5) is 10.4. The van der Waals surface area contributed by atoms with E-state index in [2.05, 4.69) is 5.32 Å². The molecule has 0 aromatic heterocycles. The van der Waals surface area contributed by atoms with Crippen molar-refractivity contribution in [1.82, 2.24) is 0 Å². The van der Waals surface area contributed by atoms with E-state index in [0.717, 1.165) is 0 Å². The molecular formula is C13H19NO5. The topological polar surface area (TPSA) is 77.0 Å². The van der Waals surface area contributed by atoms with Gasteiger partial charge in [0, 0.05) is 25.1 Å². The number of hydrogen-bond donors (Lipinski definition) is 2. The van der Waals surface area contributed by atoms with Gasteiger partial charge in [0.2, 0.25) is 0 Å². The van der Waals surface area contributed by atoms with E-state index in [-0.39, 0.29) is 6.42 Å². The quantitative estimate of drug-likeness (QED) is 0.703. The summed E-state index contributed by atoms with van der Waals surface area (Å²) in [6.45, 7) is 0.519. The van der Waals surface area contributed by atoms with E-state index < -0.39 is 5.97 Å². The molecule has 0 atom stereocenters. The zero-order chi connectivity index (χ0) is 14.3. The monoisotopic (exact) mass is 269 g/mol. The Balaban J connectivity index is 2.82. The maximum atomic E-state index is 10.4. The van der Waals surface area contributed by atoms with Gasteiger partial charge in [-0.05, 0) is 6.42 Å². The van der Waals surface area contributed by atoms with Gasteiger partial charge in [0.05, 0.1) is 21.3 Å². The summed E-state index contributed by atoms with van der Waals surface area (Å²) in [6, 6.07) is 3.48. The molecule has 1 aromatic carbocycles. The zero-order valence-electron chi connectivity index (χ0n) is 11.4. The van der Waals surface area contributed by atoms with E-state index in [1.807, 2.05) is 0 Å². The third-order valence-corrected chi connectivity index (χ3v) is 2.58. The number of carbonyl (C=O) groups is 1. The summed E-state index contributed by atoms with van der Waals surface area (Å²) in [5, 5.41) is 11.7. The molecule has 0 unspecified atom stereocenters. The van der Waals surface area contributed by atoms with Crippen LogP contribution in [0, 0.1) is 0 Å². The first-order valence-corrected chi connectivity index (χ1v) is 5.88. The summed E-state index contributed by atoms with van der Waals surface area (Å²) < 4.78 is 15.7. The number of hydrogen-bond acceptors (Lipinski definition) is 5. The minimum Gasteiger partial charge on any atom is -0.496 e. The standard InChI is InChI=1S/C13H19NO5/c1-17-9-7-10(18-2)13(11(8-9)19-3)14-6-4-5-12(15)16/h7-8,14H,4-6H2,1-3H3,(H,15,16). The van der Waals surface area contributed by atoms with Gasteiger partial charge in [0.1, 0.15) is 22.9 Å². The fraction of sp³-hybridized carbons (Fsp3) is 0.462. The van der Waals surface area contributed by atoms with Crippen LogP contribution in [0.5, 0.6) is 17.2 Å². The molecule has 0 fully saturated rings. The predicted molar refractivity (Wildman–Crippen MR) is 71.5 cm³/mol. The Labute approximate surface area is 112 Å². The molecule has 106 valence electrons. The van der Waals surface area contributed by atoms with Gasteiger partial charge in [-0.1, -0.05) is 0 Å². The lowest BCUT2D eigenvalue weighted by atomic mass is 10.2. The first-order valence-electron chi connectivity index (χ1n) is 5.88. The molecule has 0 spiro atoms. The Kier molecular flexibility index (Phi) is 5.78. The molecule has 0 aliphatic carbocycles. The summed E-state index contributed by atoms with van der Waals surface area (Å²) >= 11 is 0. The number of aliphatic carboxylic acids is 1. The summed E-state index contributed by atoms with van der Waals surface area (Å²) in [6.07, 6.45) is 0.640. The van der Waals surface area contributed by atoms with Gasteiger partial charge in [-0.2, -0.15) is 0 Å². The van der Waals surface area contributed by atoms with Crippen LogP contribution in [-0.4, -0.2) is 38.9 Å². The molecule has 1 aromatic rings. The molecule has 1 rings (SSSR count). The second kappa shape index (κ2) is 7.35. The van der Waals surface area contributed by atoms with Crippen molar-refractivity contribution < 1.29 is 24.1 Å². The van der Waals surface area contributed by atoms with Crippen LogP contribution in [0.2, 0.25) is 0 Å². The molecule has 2 N–H and O–H groups in total. The van der Waals surface area contributed by atoms with Crippen LogP contribution in [-0.2, 0) is 4.79 Å². The molecule has 0 heterocycles.